The summed E-state index contributed by atoms with van der Waals surface area (Å²) in [4.78, 5) is 26.4. The molecule has 8 rings (SSSR count). The molecule has 2 aromatic carbocycles. The number of halogens is 8. The molecule has 0 radical (unpaired) electrons. The first-order valence-electron chi connectivity index (χ1n) is 17.6. The third-order valence-electron chi connectivity index (χ3n) is 11.3. The third kappa shape index (κ3) is 6.16. The Hall–Kier alpha value is -4.54. The Bertz CT molecular complexity index is 2260. The first-order valence-corrected chi connectivity index (χ1v) is 18.5. The molecule has 292 valence electrons. The number of nitrogens with zero attached hydrogens (tertiary/aromatic N) is 6. The van der Waals surface area contributed by atoms with Crippen molar-refractivity contribution >= 4 is 49.1 Å². The highest BCUT2D eigenvalue weighted by Crippen LogP contribution is 2.52. The number of likely N-dealkylation sites (N-methyl/N-ethyl adjacent to an activating group) is 1. The Morgan fingerprint density at radius 3 is 2.65 bits per heavy atom. The van der Waals surface area contributed by atoms with Gasteiger partial charge in [0.25, 0.3) is 0 Å². The summed E-state index contributed by atoms with van der Waals surface area (Å²) in [6, 6.07) is 2.20. The standard InChI is InChI=1S/C36H33F8N7O3S/c1-2-50(18-8-19-14-53-15-25(52)51(19)13-18)32-21-9-23(35(39,40)41)27(20-4-5-24(38)30-26(20)22(11-45)31(46)55-30)28(36(42,43)44)29(21)47-33(48-32)54-16-34-6-3-7-49(34)12-17(37)10-34/h4-5,9,17-19H,2-3,6-8,10,12-16,46H2,1H3. The molecular formula is C36H33F8N7O3S. The van der Waals surface area contributed by atoms with Crippen LogP contribution in [0.1, 0.15) is 49.3 Å². The van der Waals surface area contributed by atoms with Crippen molar-refractivity contribution in [3.8, 4) is 23.2 Å². The largest absolute Gasteiger partial charge is 0.461 e. The van der Waals surface area contributed by atoms with E-state index in [-0.39, 0.29) is 75.1 Å². The highest BCUT2D eigenvalue weighted by Gasteiger charge is 2.50. The van der Waals surface area contributed by atoms with Crippen LogP contribution in [0.15, 0.2) is 18.2 Å². The fraction of sp³-hybridized carbons (Fsp3) is 0.500. The summed E-state index contributed by atoms with van der Waals surface area (Å²) in [6.07, 6.45) is -10.4. The number of anilines is 2. The molecule has 0 aliphatic carbocycles. The number of nitriles is 1. The van der Waals surface area contributed by atoms with E-state index in [9.17, 15) is 14.4 Å². The number of ether oxygens (including phenoxy) is 2. The first kappa shape index (κ1) is 37.4. The number of amides is 1. The fourth-order valence-corrected chi connectivity index (χ4v) is 9.93. The third-order valence-corrected chi connectivity index (χ3v) is 12.3. The van der Waals surface area contributed by atoms with Gasteiger partial charge in [-0.2, -0.15) is 41.6 Å². The first-order chi connectivity index (χ1) is 26.0. The SMILES string of the molecule is CCN(c1nc(OCC23CCCN2CC(F)C3)nc2c(C(F)(F)F)c(-c3ccc(F)c4sc(N)c(C#N)c34)c(C(F)(F)F)cc12)C1CC2COCC(=O)N2C1. The fourth-order valence-electron chi connectivity index (χ4n) is 8.98. The molecule has 2 N–H and O–H groups in total. The molecule has 0 spiro atoms. The highest BCUT2D eigenvalue weighted by molar-refractivity contribution is 7.23. The summed E-state index contributed by atoms with van der Waals surface area (Å²) < 4.78 is 134. The van der Waals surface area contributed by atoms with Crippen molar-refractivity contribution in [1.82, 2.24) is 19.8 Å². The van der Waals surface area contributed by atoms with E-state index in [4.69, 9.17) is 15.2 Å². The highest BCUT2D eigenvalue weighted by atomic mass is 32.1. The van der Waals surface area contributed by atoms with Gasteiger partial charge in [0.1, 0.15) is 42.1 Å². The van der Waals surface area contributed by atoms with Crippen LogP contribution in [0.2, 0.25) is 0 Å². The number of benzene rings is 2. The molecule has 55 heavy (non-hydrogen) atoms. The van der Waals surface area contributed by atoms with Crippen molar-refractivity contribution in [2.24, 2.45) is 0 Å². The predicted octanol–water partition coefficient (Wildman–Crippen LogP) is 6.92. The minimum absolute atomic E-state index is 0.0514. The Balaban J connectivity index is 1.40. The number of carbonyl (C=O) groups is 1. The Labute approximate surface area is 312 Å². The number of carbonyl (C=O) groups excluding carboxylic acids is 1. The lowest BCUT2D eigenvalue weighted by Crippen LogP contribution is -2.46. The van der Waals surface area contributed by atoms with Gasteiger partial charge < -0.3 is 25.0 Å². The lowest BCUT2D eigenvalue weighted by molar-refractivity contribution is -0.145. The molecule has 4 saturated heterocycles. The van der Waals surface area contributed by atoms with E-state index in [1.165, 1.54) is 0 Å². The van der Waals surface area contributed by atoms with Crippen LogP contribution in [0.25, 0.3) is 32.1 Å². The quantitative estimate of drug-likeness (QED) is 0.199. The molecule has 4 atom stereocenters. The van der Waals surface area contributed by atoms with Crippen molar-refractivity contribution in [2.75, 3.05) is 56.6 Å². The monoisotopic (exact) mass is 795 g/mol. The Morgan fingerprint density at radius 1 is 1.18 bits per heavy atom. The molecule has 4 aliphatic rings. The van der Waals surface area contributed by atoms with E-state index in [1.807, 2.05) is 4.90 Å². The van der Waals surface area contributed by atoms with E-state index in [2.05, 4.69) is 9.97 Å². The number of hydrogen-bond donors (Lipinski definition) is 1. The zero-order chi connectivity index (χ0) is 39.2. The lowest BCUT2D eigenvalue weighted by atomic mass is 9.88. The van der Waals surface area contributed by atoms with E-state index in [0.717, 1.165) is 18.6 Å². The van der Waals surface area contributed by atoms with E-state index in [0.29, 0.717) is 30.4 Å². The van der Waals surface area contributed by atoms with Crippen LogP contribution in [0.4, 0.5) is 45.9 Å². The summed E-state index contributed by atoms with van der Waals surface area (Å²) in [5.41, 5.74) is -1.87. The molecule has 0 saturated carbocycles. The summed E-state index contributed by atoms with van der Waals surface area (Å²) in [6.45, 7) is 2.42. The number of aromatic nitrogens is 2. The minimum atomic E-state index is -5.52. The molecule has 6 heterocycles. The average molecular weight is 796 g/mol. The molecule has 4 aromatic rings. The average Bonchev–Trinajstić information content (AvgIpc) is 3.87. The zero-order valence-corrected chi connectivity index (χ0v) is 30.0. The number of morpholine rings is 1. The van der Waals surface area contributed by atoms with Crippen LogP contribution < -0.4 is 15.4 Å². The van der Waals surface area contributed by atoms with Crippen LogP contribution in [0.3, 0.4) is 0 Å². The molecule has 4 unspecified atom stereocenters. The smallest absolute Gasteiger partial charge is 0.419 e. The predicted molar refractivity (Wildman–Crippen MR) is 186 cm³/mol. The van der Waals surface area contributed by atoms with Gasteiger partial charge in [-0.05, 0) is 50.4 Å². The zero-order valence-electron chi connectivity index (χ0n) is 29.2. The molecule has 2 aromatic heterocycles. The maximum absolute atomic E-state index is 15.7. The number of nitrogen functional groups attached to an aromatic ring is 1. The van der Waals surface area contributed by atoms with Crippen LogP contribution in [-0.4, -0.2) is 95.5 Å². The second kappa shape index (κ2) is 13.3. The van der Waals surface area contributed by atoms with E-state index >= 15 is 30.7 Å². The Morgan fingerprint density at radius 2 is 1.96 bits per heavy atom. The molecule has 4 fully saturated rings. The molecule has 4 aliphatic heterocycles. The van der Waals surface area contributed by atoms with Gasteiger partial charge in [-0.1, -0.05) is 6.07 Å². The van der Waals surface area contributed by atoms with Crippen LogP contribution in [0.5, 0.6) is 6.01 Å². The van der Waals surface area contributed by atoms with Gasteiger partial charge >= 0.3 is 18.4 Å². The number of alkyl halides is 7. The van der Waals surface area contributed by atoms with Crippen LogP contribution >= 0.6 is 11.3 Å². The summed E-state index contributed by atoms with van der Waals surface area (Å²) in [7, 11) is 0. The van der Waals surface area contributed by atoms with E-state index < -0.39 is 90.7 Å². The maximum atomic E-state index is 15.7. The van der Waals surface area contributed by atoms with Gasteiger partial charge in [-0.15, -0.1) is 11.3 Å². The molecule has 19 heteroatoms. The van der Waals surface area contributed by atoms with Crippen LogP contribution in [0, 0.1) is 17.1 Å². The van der Waals surface area contributed by atoms with Gasteiger partial charge in [-0.3, -0.25) is 9.69 Å². The van der Waals surface area contributed by atoms with Crippen molar-refractivity contribution < 1.29 is 49.4 Å². The van der Waals surface area contributed by atoms with Gasteiger partial charge in [-0.25, -0.2) is 8.78 Å². The van der Waals surface area contributed by atoms with Gasteiger partial charge in [0.2, 0.25) is 5.91 Å². The number of nitrogens with two attached hydrogens (primary N) is 1. The molecule has 0 bridgehead atoms. The number of rotatable bonds is 7. The maximum Gasteiger partial charge on any atom is 0.419 e. The van der Waals surface area contributed by atoms with Gasteiger partial charge in [0.05, 0.1) is 51.1 Å². The van der Waals surface area contributed by atoms with Crippen molar-refractivity contribution in [3.05, 3.63) is 40.7 Å². The normalized spacial score (nSPS) is 24.5. The number of hydrogen-bond acceptors (Lipinski definition) is 10. The molecular weight excluding hydrogens is 762 g/mol. The van der Waals surface area contributed by atoms with E-state index in [1.54, 1.807) is 22.8 Å². The molecule has 10 nitrogen and oxygen atoms in total. The van der Waals surface area contributed by atoms with Crippen molar-refractivity contribution in [1.29, 1.82) is 5.26 Å². The minimum Gasteiger partial charge on any atom is -0.461 e. The van der Waals surface area contributed by atoms with Gasteiger partial charge in [0.15, 0.2) is 0 Å². The van der Waals surface area contributed by atoms with Gasteiger partial charge in [0, 0.05) is 42.4 Å². The van der Waals surface area contributed by atoms with Crippen molar-refractivity contribution in [2.45, 2.75) is 68.8 Å². The summed E-state index contributed by atoms with van der Waals surface area (Å²) in [5, 5.41) is 8.51. The Kier molecular flexibility index (Phi) is 9.04. The topological polar surface area (TPSA) is 121 Å². The molecule has 1 amide bonds. The van der Waals surface area contributed by atoms with Crippen molar-refractivity contribution in [3.63, 3.8) is 0 Å². The number of thiophene rings is 1. The number of fused-ring (bicyclic) bond motifs is 4. The summed E-state index contributed by atoms with van der Waals surface area (Å²) in [5.74, 6) is -1.58. The van der Waals surface area contributed by atoms with Crippen LogP contribution in [-0.2, 0) is 21.9 Å². The summed E-state index contributed by atoms with van der Waals surface area (Å²) >= 11 is 0.527. The second-order valence-corrected chi connectivity index (χ2v) is 15.5. The lowest BCUT2D eigenvalue weighted by Gasteiger charge is -2.32. The second-order valence-electron chi connectivity index (χ2n) is 14.4.